The van der Waals surface area contributed by atoms with Gasteiger partial charge in [-0.3, -0.25) is 9.59 Å². The number of carbonyl (C=O) groups is 2. The SMILES string of the molecule is CCc1ccc(CCC(=O)Nc2ccc(N3CCOCC3=O)cc2)cc1. The summed E-state index contributed by atoms with van der Waals surface area (Å²) >= 11 is 0. The minimum absolute atomic E-state index is 0.0141. The Hall–Kier alpha value is -2.66. The van der Waals surface area contributed by atoms with Crippen LogP contribution in [0.4, 0.5) is 11.4 Å². The van der Waals surface area contributed by atoms with Gasteiger partial charge in [0.15, 0.2) is 0 Å². The molecule has 1 aliphatic heterocycles. The van der Waals surface area contributed by atoms with Crippen molar-refractivity contribution in [1.29, 1.82) is 0 Å². The molecule has 0 aromatic heterocycles. The van der Waals surface area contributed by atoms with Gasteiger partial charge in [0.1, 0.15) is 6.61 Å². The van der Waals surface area contributed by atoms with Crippen molar-refractivity contribution in [3.05, 3.63) is 59.7 Å². The predicted octanol–water partition coefficient (Wildman–Crippen LogP) is 3.18. The van der Waals surface area contributed by atoms with E-state index in [2.05, 4.69) is 36.5 Å². The van der Waals surface area contributed by atoms with E-state index in [-0.39, 0.29) is 18.4 Å². The summed E-state index contributed by atoms with van der Waals surface area (Å²) in [5.41, 5.74) is 4.03. The third-order valence-corrected chi connectivity index (χ3v) is 4.52. The molecule has 1 heterocycles. The highest BCUT2D eigenvalue weighted by Crippen LogP contribution is 2.20. The standard InChI is InChI=1S/C21H24N2O3/c1-2-16-3-5-17(6-4-16)7-12-20(24)22-18-8-10-19(11-9-18)23-13-14-26-15-21(23)25/h3-6,8-11H,2,7,12-15H2,1H3,(H,22,24). The smallest absolute Gasteiger partial charge is 0.253 e. The first-order valence-corrected chi connectivity index (χ1v) is 9.01. The molecular formula is C21H24N2O3. The summed E-state index contributed by atoms with van der Waals surface area (Å²) in [6, 6.07) is 15.7. The first kappa shape index (κ1) is 18.1. The Morgan fingerprint density at radius 2 is 1.77 bits per heavy atom. The molecule has 2 aromatic carbocycles. The number of nitrogens with one attached hydrogen (secondary N) is 1. The molecule has 2 aromatic rings. The number of hydrogen-bond donors (Lipinski definition) is 1. The predicted molar refractivity (Wildman–Crippen MR) is 102 cm³/mol. The molecule has 5 nitrogen and oxygen atoms in total. The molecule has 0 radical (unpaired) electrons. The van der Waals surface area contributed by atoms with Gasteiger partial charge < -0.3 is 15.0 Å². The Balaban J connectivity index is 1.51. The molecule has 136 valence electrons. The van der Waals surface area contributed by atoms with Gasteiger partial charge in [-0.05, 0) is 48.2 Å². The minimum Gasteiger partial charge on any atom is -0.370 e. The van der Waals surface area contributed by atoms with Crippen LogP contribution in [0.3, 0.4) is 0 Å². The summed E-state index contributed by atoms with van der Waals surface area (Å²) in [6.07, 6.45) is 2.18. The fourth-order valence-electron chi connectivity index (χ4n) is 2.94. The second-order valence-corrected chi connectivity index (χ2v) is 6.36. The summed E-state index contributed by atoms with van der Waals surface area (Å²) in [5.74, 6) is -0.0538. The van der Waals surface area contributed by atoms with Crippen LogP contribution in [0.2, 0.25) is 0 Å². The molecule has 1 N–H and O–H groups in total. The fourth-order valence-corrected chi connectivity index (χ4v) is 2.94. The first-order valence-electron chi connectivity index (χ1n) is 9.01. The van der Waals surface area contributed by atoms with Gasteiger partial charge in [-0.15, -0.1) is 0 Å². The lowest BCUT2D eigenvalue weighted by Crippen LogP contribution is -2.41. The topological polar surface area (TPSA) is 58.6 Å². The highest BCUT2D eigenvalue weighted by Gasteiger charge is 2.19. The largest absolute Gasteiger partial charge is 0.370 e. The van der Waals surface area contributed by atoms with E-state index in [9.17, 15) is 9.59 Å². The average molecular weight is 352 g/mol. The van der Waals surface area contributed by atoms with Crippen molar-refractivity contribution >= 4 is 23.2 Å². The lowest BCUT2D eigenvalue weighted by molar-refractivity contribution is -0.125. The Labute approximate surface area is 154 Å². The van der Waals surface area contributed by atoms with E-state index in [1.54, 1.807) is 4.90 Å². The molecule has 0 unspecified atom stereocenters. The van der Waals surface area contributed by atoms with Crippen LogP contribution in [-0.2, 0) is 27.2 Å². The van der Waals surface area contributed by atoms with E-state index in [1.807, 2.05) is 24.3 Å². The fraction of sp³-hybridized carbons (Fsp3) is 0.333. The molecular weight excluding hydrogens is 328 g/mol. The zero-order valence-electron chi connectivity index (χ0n) is 15.0. The van der Waals surface area contributed by atoms with Crippen LogP contribution in [0.5, 0.6) is 0 Å². The van der Waals surface area contributed by atoms with Gasteiger partial charge in [-0.2, -0.15) is 0 Å². The normalized spacial score (nSPS) is 14.3. The van der Waals surface area contributed by atoms with Crippen LogP contribution in [0, 0.1) is 0 Å². The number of amides is 2. The lowest BCUT2D eigenvalue weighted by Gasteiger charge is -2.26. The monoisotopic (exact) mass is 352 g/mol. The molecule has 0 aliphatic carbocycles. The third-order valence-electron chi connectivity index (χ3n) is 4.52. The molecule has 0 saturated carbocycles. The highest BCUT2D eigenvalue weighted by molar-refractivity contribution is 5.95. The summed E-state index contributed by atoms with van der Waals surface area (Å²) in [6.45, 7) is 3.35. The van der Waals surface area contributed by atoms with Crippen molar-refractivity contribution in [2.75, 3.05) is 30.0 Å². The summed E-state index contributed by atoms with van der Waals surface area (Å²) in [5, 5.41) is 2.91. The van der Waals surface area contributed by atoms with E-state index in [0.717, 1.165) is 24.2 Å². The number of benzene rings is 2. The molecule has 1 fully saturated rings. The molecule has 0 atom stereocenters. The van der Waals surface area contributed by atoms with Crippen molar-refractivity contribution in [1.82, 2.24) is 0 Å². The van der Waals surface area contributed by atoms with Gasteiger partial charge in [-0.1, -0.05) is 31.2 Å². The van der Waals surface area contributed by atoms with Gasteiger partial charge in [0.2, 0.25) is 5.91 Å². The number of nitrogens with zero attached hydrogens (tertiary/aromatic N) is 1. The third kappa shape index (κ3) is 4.70. The van der Waals surface area contributed by atoms with Crippen LogP contribution in [-0.4, -0.2) is 31.6 Å². The lowest BCUT2D eigenvalue weighted by atomic mass is 10.1. The van der Waals surface area contributed by atoms with Gasteiger partial charge in [0, 0.05) is 24.3 Å². The van der Waals surface area contributed by atoms with Gasteiger partial charge >= 0.3 is 0 Å². The van der Waals surface area contributed by atoms with E-state index in [4.69, 9.17) is 4.74 Å². The highest BCUT2D eigenvalue weighted by atomic mass is 16.5. The number of ether oxygens (including phenoxy) is 1. The molecule has 0 spiro atoms. The average Bonchev–Trinajstić information content (AvgIpc) is 2.68. The molecule has 3 rings (SSSR count). The van der Waals surface area contributed by atoms with Crippen LogP contribution in [0.15, 0.2) is 48.5 Å². The second kappa shape index (κ2) is 8.63. The maximum Gasteiger partial charge on any atom is 0.253 e. The number of rotatable bonds is 6. The summed E-state index contributed by atoms with van der Waals surface area (Å²) < 4.78 is 5.14. The molecule has 26 heavy (non-hydrogen) atoms. The number of carbonyl (C=O) groups excluding carboxylic acids is 2. The van der Waals surface area contributed by atoms with E-state index >= 15 is 0 Å². The molecule has 2 amide bonds. The maximum atomic E-state index is 12.2. The van der Waals surface area contributed by atoms with Crippen molar-refractivity contribution in [3.63, 3.8) is 0 Å². The first-order chi connectivity index (χ1) is 12.7. The summed E-state index contributed by atoms with van der Waals surface area (Å²) in [4.78, 5) is 25.7. The number of morpholine rings is 1. The Bertz CT molecular complexity index is 754. The maximum absolute atomic E-state index is 12.2. The zero-order valence-corrected chi connectivity index (χ0v) is 15.0. The van der Waals surface area contributed by atoms with E-state index in [0.29, 0.717) is 19.6 Å². The Kier molecular flexibility index (Phi) is 6.02. The Morgan fingerprint density at radius 1 is 1.08 bits per heavy atom. The van der Waals surface area contributed by atoms with Crippen molar-refractivity contribution < 1.29 is 14.3 Å². The zero-order chi connectivity index (χ0) is 18.4. The van der Waals surface area contributed by atoms with E-state index < -0.39 is 0 Å². The number of hydrogen-bond acceptors (Lipinski definition) is 3. The van der Waals surface area contributed by atoms with Crippen molar-refractivity contribution in [2.24, 2.45) is 0 Å². The summed E-state index contributed by atoms with van der Waals surface area (Å²) in [7, 11) is 0. The van der Waals surface area contributed by atoms with Crippen molar-refractivity contribution in [2.45, 2.75) is 26.2 Å². The second-order valence-electron chi connectivity index (χ2n) is 6.36. The quantitative estimate of drug-likeness (QED) is 0.869. The Morgan fingerprint density at radius 3 is 2.42 bits per heavy atom. The van der Waals surface area contributed by atoms with Gasteiger partial charge in [0.05, 0.1) is 6.61 Å². The van der Waals surface area contributed by atoms with Crippen LogP contribution < -0.4 is 10.2 Å². The number of anilines is 2. The van der Waals surface area contributed by atoms with Crippen LogP contribution in [0.1, 0.15) is 24.5 Å². The molecule has 1 saturated heterocycles. The number of aryl methyl sites for hydroxylation is 2. The molecule has 5 heteroatoms. The minimum atomic E-state index is -0.0397. The van der Waals surface area contributed by atoms with E-state index in [1.165, 1.54) is 11.1 Å². The van der Waals surface area contributed by atoms with Crippen LogP contribution in [0.25, 0.3) is 0 Å². The molecule has 0 bridgehead atoms. The van der Waals surface area contributed by atoms with Crippen LogP contribution >= 0.6 is 0 Å². The van der Waals surface area contributed by atoms with Crippen molar-refractivity contribution in [3.8, 4) is 0 Å². The van der Waals surface area contributed by atoms with Gasteiger partial charge in [0.25, 0.3) is 5.91 Å². The molecule has 1 aliphatic rings. The van der Waals surface area contributed by atoms with Gasteiger partial charge in [-0.25, -0.2) is 0 Å².